The Balaban J connectivity index is 1.99. The second-order valence-electron chi connectivity index (χ2n) is 5.48. The molecule has 0 radical (unpaired) electrons. The number of ether oxygens (including phenoxy) is 2. The van der Waals surface area contributed by atoms with Gasteiger partial charge in [0.05, 0.1) is 31.4 Å². The SMILES string of the molecule is CCCOc1c(Cl)cc(/C=N/NC(=O)Cc2ccc(Br)cc2)cc1OC. The average molecular weight is 440 g/mol. The van der Waals surface area contributed by atoms with Crippen molar-refractivity contribution < 1.29 is 14.3 Å². The van der Waals surface area contributed by atoms with Gasteiger partial charge < -0.3 is 9.47 Å². The number of halogens is 2. The fourth-order valence-corrected chi connectivity index (χ4v) is 2.70. The van der Waals surface area contributed by atoms with E-state index in [4.69, 9.17) is 21.1 Å². The highest BCUT2D eigenvalue weighted by Crippen LogP contribution is 2.36. The van der Waals surface area contributed by atoms with Gasteiger partial charge in [-0.15, -0.1) is 0 Å². The molecule has 0 aromatic heterocycles. The first-order chi connectivity index (χ1) is 12.5. The van der Waals surface area contributed by atoms with Crippen LogP contribution in [0.2, 0.25) is 5.02 Å². The molecular formula is C19H20BrClN2O3. The lowest BCUT2D eigenvalue weighted by Gasteiger charge is -2.12. The van der Waals surface area contributed by atoms with Gasteiger partial charge >= 0.3 is 0 Å². The molecule has 0 bridgehead atoms. The van der Waals surface area contributed by atoms with Crippen molar-refractivity contribution in [3.05, 3.63) is 57.0 Å². The lowest BCUT2D eigenvalue weighted by atomic mass is 10.1. The highest BCUT2D eigenvalue weighted by atomic mass is 79.9. The molecule has 2 aromatic carbocycles. The number of methoxy groups -OCH3 is 1. The maximum Gasteiger partial charge on any atom is 0.244 e. The monoisotopic (exact) mass is 438 g/mol. The fourth-order valence-electron chi connectivity index (χ4n) is 2.16. The molecule has 0 saturated heterocycles. The lowest BCUT2D eigenvalue weighted by Crippen LogP contribution is -2.19. The molecule has 0 heterocycles. The van der Waals surface area contributed by atoms with E-state index in [0.717, 1.165) is 16.5 Å². The number of hydrogen-bond acceptors (Lipinski definition) is 4. The molecule has 5 nitrogen and oxygen atoms in total. The minimum absolute atomic E-state index is 0.204. The standard InChI is InChI=1S/C19H20BrClN2O3/c1-3-8-26-19-16(21)9-14(10-17(19)25-2)12-22-23-18(24)11-13-4-6-15(20)7-5-13/h4-7,9-10,12H,3,8,11H2,1-2H3,(H,23,24)/b22-12+. The molecule has 138 valence electrons. The summed E-state index contributed by atoms with van der Waals surface area (Å²) < 4.78 is 11.9. The zero-order chi connectivity index (χ0) is 18.9. The molecule has 26 heavy (non-hydrogen) atoms. The van der Waals surface area contributed by atoms with Crippen molar-refractivity contribution in [3.63, 3.8) is 0 Å². The van der Waals surface area contributed by atoms with Crippen molar-refractivity contribution in [2.45, 2.75) is 19.8 Å². The van der Waals surface area contributed by atoms with E-state index in [1.165, 1.54) is 6.21 Å². The Morgan fingerprint density at radius 3 is 2.69 bits per heavy atom. The quantitative estimate of drug-likeness (QED) is 0.483. The van der Waals surface area contributed by atoms with E-state index in [1.54, 1.807) is 19.2 Å². The van der Waals surface area contributed by atoms with Gasteiger partial charge in [-0.1, -0.05) is 46.6 Å². The summed E-state index contributed by atoms with van der Waals surface area (Å²) in [4.78, 5) is 11.9. The number of rotatable bonds is 8. The summed E-state index contributed by atoms with van der Waals surface area (Å²) >= 11 is 9.61. The molecule has 0 aliphatic rings. The van der Waals surface area contributed by atoms with Crippen LogP contribution in [0.15, 0.2) is 46.0 Å². The van der Waals surface area contributed by atoms with Crippen molar-refractivity contribution in [2.24, 2.45) is 5.10 Å². The Morgan fingerprint density at radius 2 is 2.04 bits per heavy atom. The number of carbonyl (C=O) groups is 1. The van der Waals surface area contributed by atoms with Crippen LogP contribution in [-0.4, -0.2) is 25.8 Å². The Hall–Kier alpha value is -2.05. The van der Waals surface area contributed by atoms with Crippen LogP contribution in [0.5, 0.6) is 11.5 Å². The first kappa shape index (κ1) is 20.3. The van der Waals surface area contributed by atoms with E-state index in [1.807, 2.05) is 31.2 Å². The summed E-state index contributed by atoms with van der Waals surface area (Å²) in [5.74, 6) is 0.825. The minimum atomic E-state index is -0.204. The highest BCUT2D eigenvalue weighted by Gasteiger charge is 2.11. The molecule has 0 saturated carbocycles. The van der Waals surface area contributed by atoms with E-state index >= 15 is 0 Å². The first-order valence-corrected chi connectivity index (χ1v) is 9.27. The minimum Gasteiger partial charge on any atom is -0.493 e. The molecule has 2 aromatic rings. The molecule has 2 rings (SSSR count). The number of benzene rings is 2. The zero-order valence-corrected chi connectivity index (χ0v) is 16.9. The topological polar surface area (TPSA) is 59.9 Å². The summed E-state index contributed by atoms with van der Waals surface area (Å²) in [6.07, 6.45) is 2.63. The summed E-state index contributed by atoms with van der Waals surface area (Å²) in [5.41, 5.74) is 4.10. The highest BCUT2D eigenvalue weighted by molar-refractivity contribution is 9.10. The van der Waals surface area contributed by atoms with Gasteiger partial charge in [-0.3, -0.25) is 4.79 Å². The normalized spacial score (nSPS) is 10.8. The summed E-state index contributed by atoms with van der Waals surface area (Å²) in [6.45, 7) is 2.56. The first-order valence-electron chi connectivity index (χ1n) is 8.10. The van der Waals surface area contributed by atoms with Crippen LogP contribution in [-0.2, 0) is 11.2 Å². The van der Waals surface area contributed by atoms with Crippen molar-refractivity contribution in [1.29, 1.82) is 0 Å². The van der Waals surface area contributed by atoms with E-state index in [0.29, 0.717) is 28.7 Å². The zero-order valence-electron chi connectivity index (χ0n) is 14.6. The van der Waals surface area contributed by atoms with E-state index in [9.17, 15) is 4.79 Å². The Bertz CT molecular complexity index is 779. The van der Waals surface area contributed by atoms with Crippen molar-refractivity contribution >= 4 is 39.7 Å². The maximum atomic E-state index is 11.9. The van der Waals surface area contributed by atoms with Gasteiger partial charge in [-0.05, 0) is 41.8 Å². The fraction of sp³-hybridized carbons (Fsp3) is 0.263. The number of amides is 1. The number of hydrogen-bond donors (Lipinski definition) is 1. The molecule has 0 spiro atoms. The van der Waals surface area contributed by atoms with Crippen LogP contribution in [0.3, 0.4) is 0 Å². The van der Waals surface area contributed by atoms with Crippen LogP contribution < -0.4 is 14.9 Å². The van der Waals surface area contributed by atoms with Gasteiger partial charge in [-0.25, -0.2) is 5.43 Å². The van der Waals surface area contributed by atoms with Gasteiger partial charge in [0.15, 0.2) is 11.5 Å². The number of hydrazone groups is 1. The van der Waals surface area contributed by atoms with E-state index in [2.05, 4.69) is 26.5 Å². The summed E-state index contributed by atoms with van der Waals surface area (Å²) in [5, 5.41) is 4.41. The third-order valence-corrected chi connectivity index (χ3v) is 4.19. The average Bonchev–Trinajstić information content (AvgIpc) is 2.62. The molecule has 0 aliphatic heterocycles. The van der Waals surface area contributed by atoms with Crippen LogP contribution in [0.4, 0.5) is 0 Å². The molecule has 0 unspecified atom stereocenters. The van der Waals surface area contributed by atoms with Crippen LogP contribution >= 0.6 is 27.5 Å². The molecule has 0 atom stereocenters. The number of nitrogens with one attached hydrogen (secondary N) is 1. The number of carbonyl (C=O) groups excluding carboxylic acids is 1. The largest absolute Gasteiger partial charge is 0.493 e. The molecule has 7 heteroatoms. The molecule has 1 amide bonds. The van der Waals surface area contributed by atoms with Gasteiger partial charge in [-0.2, -0.15) is 5.10 Å². The Kier molecular flexibility index (Phi) is 7.94. The van der Waals surface area contributed by atoms with Crippen molar-refractivity contribution in [2.75, 3.05) is 13.7 Å². The maximum absolute atomic E-state index is 11.9. The molecule has 1 N–H and O–H groups in total. The lowest BCUT2D eigenvalue weighted by molar-refractivity contribution is -0.120. The second kappa shape index (κ2) is 10.2. The predicted octanol–water partition coefficient (Wildman–Crippen LogP) is 4.59. The van der Waals surface area contributed by atoms with Gasteiger partial charge in [0.25, 0.3) is 0 Å². The predicted molar refractivity (Wildman–Crippen MR) is 107 cm³/mol. The second-order valence-corrected chi connectivity index (χ2v) is 6.80. The number of nitrogens with zero attached hydrogens (tertiary/aromatic N) is 1. The third kappa shape index (κ3) is 6.04. The van der Waals surface area contributed by atoms with E-state index < -0.39 is 0 Å². The Morgan fingerprint density at radius 1 is 1.31 bits per heavy atom. The third-order valence-electron chi connectivity index (χ3n) is 3.38. The van der Waals surface area contributed by atoms with E-state index in [-0.39, 0.29) is 12.3 Å². The molecule has 0 aliphatic carbocycles. The molecular weight excluding hydrogens is 420 g/mol. The Labute approximate surface area is 166 Å². The van der Waals surface area contributed by atoms with Crippen molar-refractivity contribution in [3.8, 4) is 11.5 Å². The smallest absolute Gasteiger partial charge is 0.244 e. The van der Waals surface area contributed by atoms with Gasteiger partial charge in [0.2, 0.25) is 5.91 Å². The van der Waals surface area contributed by atoms with Gasteiger partial charge in [0.1, 0.15) is 0 Å². The summed E-state index contributed by atoms with van der Waals surface area (Å²) in [6, 6.07) is 11.0. The van der Waals surface area contributed by atoms with Crippen molar-refractivity contribution in [1.82, 2.24) is 5.43 Å². The van der Waals surface area contributed by atoms with Crippen LogP contribution in [0, 0.1) is 0 Å². The summed E-state index contributed by atoms with van der Waals surface area (Å²) in [7, 11) is 1.55. The van der Waals surface area contributed by atoms with Gasteiger partial charge in [0, 0.05) is 4.47 Å². The van der Waals surface area contributed by atoms with Crippen LogP contribution in [0.25, 0.3) is 0 Å². The van der Waals surface area contributed by atoms with Crippen LogP contribution in [0.1, 0.15) is 24.5 Å². The molecule has 0 fully saturated rings.